The van der Waals surface area contributed by atoms with Gasteiger partial charge in [-0.2, -0.15) is 16.8 Å². The zero-order chi connectivity index (χ0) is 9.00. The molecule has 0 aliphatic rings. The molecule has 0 aliphatic carbocycles. The summed E-state index contributed by atoms with van der Waals surface area (Å²) in [5.74, 6) is 0. The summed E-state index contributed by atoms with van der Waals surface area (Å²) >= 11 is 0. The van der Waals surface area contributed by atoms with E-state index >= 15 is 0 Å². The molecule has 0 atom stereocenters. The van der Waals surface area contributed by atoms with E-state index in [0.717, 1.165) is 0 Å². The Hall–Kier alpha value is 1.21. The molecule has 11 heteroatoms. The fourth-order valence-electron chi connectivity index (χ4n) is 0. The molecule has 11 heavy (non-hydrogen) atoms. The molecule has 0 amide bonds. The van der Waals surface area contributed by atoms with Crippen LogP contribution in [-0.2, 0) is 20.8 Å². The molecule has 0 unspecified atom stereocenters. The molecule has 0 spiro atoms. The maximum atomic E-state index is 8.74. The first kappa shape index (κ1) is 18.1. The van der Waals surface area contributed by atoms with Crippen molar-refractivity contribution in [1.82, 2.24) is 0 Å². The van der Waals surface area contributed by atoms with E-state index in [1.54, 1.807) is 0 Å². The van der Waals surface area contributed by atoms with Crippen molar-refractivity contribution in [2.75, 3.05) is 0 Å². The number of rotatable bonds is 0. The Bertz CT molecular complexity index is 208. The second kappa shape index (κ2) is 6.69. The summed E-state index contributed by atoms with van der Waals surface area (Å²) in [6, 6.07) is 0. The number of hydrogen-bond acceptors (Lipinski definition) is 4. The van der Waals surface area contributed by atoms with Crippen LogP contribution in [-0.4, -0.2) is 35.0 Å². The van der Waals surface area contributed by atoms with Crippen molar-refractivity contribution in [3.63, 3.8) is 0 Å². The molecule has 68 valence electrons. The van der Waals surface area contributed by atoms with Crippen LogP contribution in [0.3, 0.4) is 0 Å². The molecule has 4 N–H and O–H groups in total. The summed E-state index contributed by atoms with van der Waals surface area (Å²) in [6.07, 6.45) is 0. The maximum absolute atomic E-state index is 8.74. The van der Waals surface area contributed by atoms with Gasteiger partial charge in [-0.05, 0) is 0 Å². The van der Waals surface area contributed by atoms with Crippen molar-refractivity contribution in [3.05, 3.63) is 0 Å². The van der Waals surface area contributed by atoms with Gasteiger partial charge in [0, 0.05) is 0 Å². The zero-order valence-corrected chi connectivity index (χ0v) is 5.87. The monoisotopic (exact) mass is 424 g/mol. The van der Waals surface area contributed by atoms with E-state index in [-0.39, 0.29) is 45.0 Å². The Balaban J connectivity index is -0.000000107. The van der Waals surface area contributed by atoms with E-state index in [1.807, 2.05) is 0 Å². The third-order valence-corrected chi connectivity index (χ3v) is 0. The van der Waals surface area contributed by atoms with Crippen molar-refractivity contribution in [1.29, 1.82) is 0 Å². The van der Waals surface area contributed by atoms with Crippen LogP contribution in [0.25, 0.3) is 0 Å². The van der Waals surface area contributed by atoms with Gasteiger partial charge in [0.25, 0.3) is 0 Å². The normalized spacial score (nSPS) is 10.5. The Kier molecular flexibility index (Phi) is 11.0. The van der Waals surface area contributed by atoms with E-state index in [2.05, 4.69) is 0 Å². The van der Waals surface area contributed by atoms with Crippen LogP contribution >= 0.6 is 0 Å². The van der Waals surface area contributed by atoms with E-state index in [9.17, 15) is 0 Å². The second-order valence-corrected chi connectivity index (χ2v) is 2.69. The average Bonchev–Trinajstić information content (AvgIpc) is 1.12. The Morgan fingerprint density at radius 2 is 0.636 bits per heavy atom. The Morgan fingerprint density at radius 3 is 0.636 bits per heavy atom. The summed E-state index contributed by atoms with van der Waals surface area (Å²) in [7, 11) is -9.33. The van der Waals surface area contributed by atoms with Crippen molar-refractivity contribution in [2.24, 2.45) is 0 Å². The van der Waals surface area contributed by atoms with Gasteiger partial charge < -0.3 is 0 Å². The standard InChI is InChI=1S/2H2O4S.Ra.2H/c2*1-5(2,3)4;;;/h2*(H2,1,2,3,4);;;. The summed E-state index contributed by atoms with van der Waals surface area (Å²) in [4.78, 5) is 0. The van der Waals surface area contributed by atoms with Crippen LogP contribution in [0.2, 0.25) is 0 Å². The van der Waals surface area contributed by atoms with Crippen molar-refractivity contribution < 1.29 is 80.1 Å². The van der Waals surface area contributed by atoms with Gasteiger partial charge in [-0.25, -0.2) is 0 Å². The predicted molar refractivity (Wildman–Crippen MR) is 31.1 cm³/mol. The van der Waals surface area contributed by atoms with Crippen molar-refractivity contribution in [3.8, 4) is 0 Å². The van der Waals surface area contributed by atoms with Gasteiger partial charge >= 0.3 is 65.8 Å². The molecule has 0 radical (unpaired) electrons. The first-order valence-electron chi connectivity index (χ1n) is 1.40. The quantitative estimate of drug-likeness (QED) is 0.332. The molecule has 0 aliphatic heterocycles. The molecule has 0 rings (SSSR count). The van der Waals surface area contributed by atoms with Gasteiger partial charge in [0.15, 0.2) is 0 Å². The van der Waals surface area contributed by atoms with Gasteiger partial charge in [0.1, 0.15) is 0 Å². The second-order valence-electron chi connectivity index (χ2n) is 0.896. The third kappa shape index (κ3) is 652. The Morgan fingerprint density at radius 1 is 0.636 bits per heavy atom. The minimum atomic E-state index is -4.67. The molecule has 0 aromatic carbocycles. The fourth-order valence-corrected chi connectivity index (χ4v) is 0. The van der Waals surface area contributed by atoms with E-state index in [0.29, 0.717) is 0 Å². The third-order valence-electron chi connectivity index (χ3n) is 0. The van der Waals surface area contributed by atoms with Crippen LogP contribution in [0, 0.1) is 45.0 Å². The molecule has 0 saturated carbocycles. The predicted octanol–water partition coefficient (Wildman–Crippen LogP) is -1.84. The minimum absolute atomic E-state index is 0. The molecule has 0 aromatic heterocycles. The SMILES string of the molecule is O=S(=O)(O)O.O=S(=O)(O)O.[RaH2]. The topological polar surface area (TPSA) is 149 Å². The van der Waals surface area contributed by atoms with Gasteiger partial charge in [-0.15, -0.1) is 0 Å². The van der Waals surface area contributed by atoms with Gasteiger partial charge in [-0.3, -0.25) is 18.2 Å². The summed E-state index contributed by atoms with van der Waals surface area (Å²) < 4.78 is 63.2. The first-order valence-corrected chi connectivity index (χ1v) is 4.19. The van der Waals surface area contributed by atoms with Crippen LogP contribution in [0.15, 0.2) is 0 Å². The number of hydrogen-bond donors (Lipinski definition) is 4. The van der Waals surface area contributed by atoms with E-state index in [1.165, 1.54) is 0 Å². The van der Waals surface area contributed by atoms with Crippen LogP contribution in [0.1, 0.15) is 0 Å². The van der Waals surface area contributed by atoms with Crippen molar-refractivity contribution >= 4 is 20.8 Å². The average molecular weight is 424 g/mol. The molecular formula is H6O8RaS2. The van der Waals surface area contributed by atoms with Crippen molar-refractivity contribution in [2.45, 2.75) is 0 Å². The molecule has 0 bridgehead atoms. The summed E-state index contributed by atoms with van der Waals surface area (Å²) in [5, 5.41) is 0. The molecule has 8 nitrogen and oxygen atoms in total. The summed E-state index contributed by atoms with van der Waals surface area (Å²) in [6.45, 7) is 0. The zero-order valence-electron chi connectivity index (χ0n) is 4.24. The molecule has 0 fully saturated rings. The van der Waals surface area contributed by atoms with Gasteiger partial charge in [0.05, 0.1) is 0 Å². The Labute approximate surface area is 99.6 Å². The molecule has 0 heterocycles. The fraction of sp³-hybridized carbons (Fsp3) is 0. The van der Waals surface area contributed by atoms with E-state index in [4.69, 9.17) is 35.0 Å². The van der Waals surface area contributed by atoms with Crippen LogP contribution in [0.5, 0.6) is 0 Å². The molecule has 0 saturated heterocycles. The first-order chi connectivity index (χ1) is 4.00. The van der Waals surface area contributed by atoms with Crippen LogP contribution < -0.4 is 0 Å². The van der Waals surface area contributed by atoms with Gasteiger partial charge in [0.2, 0.25) is 0 Å². The van der Waals surface area contributed by atoms with Crippen LogP contribution in [0.4, 0.5) is 0 Å². The van der Waals surface area contributed by atoms with Gasteiger partial charge in [-0.1, -0.05) is 0 Å². The molecule has 0 aromatic rings. The summed E-state index contributed by atoms with van der Waals surface area (Å²) in [5.41, 5.74) is 0. The molecular weight excluding hydrogens is 418 g/mol. The van der Waals surface area contributed by atoms with E-state index < -0.39 is 20.8 Å².